The molecule has 0 aliphatic carbocycles. The fourth-order valence-electron chi connectivity index (χ4n) is 1.35. The van der Waals surface area contributed by atoms with Crippen LogP contribution in [0.5, 0.6) is 0 Å². The summed E-state index contributed by atoms with van der Waals surface area (Å²) in [6.07, 6.45) is 11.0. The van der Waals surface area contributed by atoms with Crippen molar-refractivity contribution in [3.8, 4) is 0 Å². The summed E-state index contributed by atoms with van der Waals surface area (Å²) in [5.74, 6) is -0.866. The Bertz CT molecular complexity index is 364. The monoisotopic (exact) mass is 192 g/mol. The summed E-state index contributed by atoms with van der Waals surface area (Å²) in [6.45, 7) is 0.633. The van der Waals surface area contributed by atoms with Gasteiger partial charge in [-0.1, -0.05) is 12.2 Å². The first-order valence-corrected chi connectivity index (χ1v) is 4.04. The number of fused-ring (bicyclic) bond motifs is 1. The number of carboxylic acids is 1. The number of hydrogen-bond acceptors (Lipinski definition) is 3. The van der Waals surface area contributed by atoms with Crippen molar-refractivity contribution in [3.63, 3.8) is 0 Å². The van der Waals surface area contributed by atoms with Gasteiger partial charge in [-0.15, -0.1) is 0 Å². The van der Waals surface area contributed by atoms with Gasteiger partial charge in [0.15, 0.2) is 0 Å². The Balaban J connectivity index is 0.000000980. The third kappa shape index (κ3) is 1.75. The Morgan fingerprint density at radius 1 is 1.43 bits per heavy atom. The van der Waals surface area contributed by atoms with E-state index < -0.39 is 5.97 Å². The number of aliphatic carboxylic acids is 1. The molecular weight excluding hydrogens is 180 g/mol. The predicted molar refractivity (Wildman–Crippen MR) is 53.8 cm³/mol. The van der Waals surface area contributed by atoms with Crippen LogP contribution in [0.3, 0.4) is 0 Å². The van der Waals surface area contributed by atoms with E-state index in [1.54, 1.807) is 12.2 Å². The van der Waals surface area contributed by atoms with Crippen LogP contribution in [0.2, 0.25) is 0 Å². The molecule has 0 fully saturated rings. The number of rotatable bonds is 1. The summed E-state index contributed by atoms with van der Waals surface area (Å²) in [5, 5.41) is 8.76. The predicted octanol–water partition coefficient (Wildman–Crippen LogP) is 1.44. The molecule has 74 valence electrons. The quantitative estimate of drug-likeness (QED) is 0.659. The van der Waals surface area contributed by atoms with E-state index in [0.717, 1.165) is 5.70 Å². The second-order valence-electron chi connectivity index (χ2n) is 2.89. The fourth-order valence-corrected chi connectivity index (χ4v) is 1.35. The second-order valence-corrected chi connectivity index (χ2v) is 2.89. The van der Waals surface area contributed by atoms with Gasteiger partial charge in [0, 0.05) is 18.4 Å². The van der Waals surface area contributed by atoms with Crippen LogP contribution in [-0.4, -0.2) is 22.5 Å². The first kappa shape index (κ1) is 10.3. The number of nitrogens with zero attached hydrogens (tertiary/aromatic N) is 1. The zero-order valence-corrected chi connectivity index (χ0v) is 7.68. The Hall–Kier alpha value is -1.81. The van der Waals surface area contributed by atoms with Crippen LogP contribution in [0.25, 0.3) is 0 Å². The van der Waals surface area contributed by atoms with Gasteiger partial charge in [0.05, 0.1) is 5.57 Å². The van der Waals surface area contributed by atoms with Gasteiger partial charge < -0.3 is 16.2 Å². The van der Waals surface area contributed by atoms with Gasteiger partial charge in [0.1, 0.15) is 0 Å². The summed E-state index contributed by atoms with van der Waals surface area (Å²) >= 11 is 0. The van der Waals surface area contributed by atoms with Crippen molar-refractivity contribution in [1.29, 1.82) is 0 Å². The maximum Gasteiger partial charge on any atom is 0.335 e. The van der Waals surface area contributed by atoms with Gasteiger partial charge in [-0.2, -0.15) is 0 Å². The molecule has 4 nitrogen and oxygen atoms in total. The topological polar surface area (TPSA) is 75.5 Å². The first-order chi connectivity index (χ1) is 6.27. The van der Waals surface area contributed by atoms with Crippen LogP contribution in [0.1, 0.15) is 0 Å². The lowest BCUT2D eigenvalue weighted by atomic mass is 10.1. The minimum absolute atomic E-state index is 0. The molecular formula is C10H12N2O2. The summed E-state index contributed by atoms with van der Waals surface area (Å²) in [5.41, 5.74) is 1.30. The Kier molecular flexibility index (Phi) is 2.89. The maximum absolute atomic E-state index is 10.7. The highest BCUT2D eigenvalue weighted by molar-refractivity contribution is 5.90. The van der Waals surface area contributed by atoms with Crippen molar-refractivity contribution in [2.75, 3.05) is 6.54 Å². The van der Waals surface area contributed by atoms with Crippen molar-refractivity contribution in [2.24, 2.45) is 0 Å². The molecule has 0 bridgehead atoms. The number of allylic oxidation sites excluding steroid dienone is 3. The van der Waals surface area contributed by atoms with Crippen LogP contribution in [0.4, 0.5) is 0 Å². The minimum Gasteiger partial charge on any atom is -0.478 e. The SMILES string of the molecule is N.O=C(O)C1=CCN2C=CC=CC2=C1. The molecule has 0 amide bonds. The fraction of sp³-hybridized carbons (Fsp3) is 0.100. The molecule has 2 heterocycles. The van der Waals surface area contributed by atoms with Gasteiger partial charge in [-0.05, 0) is 18.2 Å². The lowest BCUT2D eigenvalue weighted by Gasteiger charge is -2.25. The van der Waals surface area contributed by atoms with Gasteiger partial charge in [-0.3, -0.25) is 0 Å². The molecule has 0 radical (unpaired) electrons. The average molecular weight is 192 g/mol. The molecule has 0 aromatic carbocycles. The molecule has 0 spiro atoms. The second kappa shape index (κ2) is 3.93. The minimum atomic E-state index is -0.866. The van der Waals surface area contributed by atoms with Crippen LogP contribution in [0, 0.1) is 0 Å². The van der Waals surface area contributed by atoms with Gasteiger partial charge >= 0.3 is 5.97 Å². The molecule has 4 heteroatoms. The number of carboxylic acid groups (broad SMARTS) is 1. The highest BCUT2D eigenvalue weighted by Crippen LogP contribution is 2.19. The smallest absolute Gasteiger partial charge is 0.335 e. The zero-order valence-electron chi connectivity index (χ0n) is 7.68. The lowest BCUT2D eigenvalue weighted by Crippen LogP contribution is -2.22. The van der Waals surface area contributed by atoms with Crippen LogP contribution < -0.4 is 6.15 Å². The summed E-state index contributed by atoms with van der Waals surface area (Å²) in [4.78, 5) is 12.6. The third-order valence-corrected chi connectivity index (χ3v) is 2.03. The summed E-state index contributed by atoms with van der Waals surface area (Å²) in [7, 11) is 0. The molecule has 2 rings (SSSR count). The molecule has 2 aliphatic heterocycles. The molecule has 0 saturated carbocycles. The normalized spacial score (nSPS) is 17.9. The van der Waals surface area contributed by atoms with E-state index in [-0.39, 0.29) is 6.15 Å². The van der Waals surface area contributed by atoms with E-state index in [4.69, 9.17) is 5.11 Å². The van der Waals surface area contributed by atoms with E-state index in [1.165, 1.54) is 0 Å². The van der Waals surface area contributed by atoms with E-state index in [1.807, 2.05) is 29.3 Å². The zero-order chi connectivity index (χ0) is 9.26. The molecule has 0 saturated heterocycles. The van der Waals surface area contributed by atoms with Gasteiger partial charge in [0.2, 0.25) is 0 Å². The van der Waals surface area contributed by atoms with E-state index in [0.29, 0.717) is 12.1 Å². The molecule has 0 unspecified atom stereocenters. The van der Waals surface area contributed by atoms with E-state index in [2.05, 4.69) is 0 Å². The summed E-state index contributed by atoms with van der Waals surface area (Å²) in [6, 6.07) is 0. The van der Waals surface area contributed by atoms with Crippen molar-refractivity contribution in [2.45, 2.75) is 0 Å². The Morgan fingerprint density at radius 2 is 2.21 bits per heavy atom. The van der Waals surface area contributed by atoms with Crippen molar-refractivity contribution in [1.82, 2.24) is 11.1 Å². The molecule has 14 heavy (non-hydrogen) atoms. The third-order valence-electron chi connectivity index (χ3n) is 2.03. The number of hydrogen-bond donors (Lipinski definition) is 2. The maximum atomic E-state index is 10.7. The molecule has 0 aromatic heterocycles. The van der Waals surface area contributed by atoms with Crippen molar-refractivity contribution >= 4 is 5.97 Å². The van der Waals surface area contributed by atoms with Gasteiger partial charge in [0.25, 0.3) is 0 Å². The standard InChI is InChI=1S/C10H9NO2.H3N/c12-10(13)8-4-6-11-5-2-1-3-9(11)7-8;/h1-5,7H,6H2,(H,12,13);1H3. The molecule has 2 aliphatic rings. The van der Waals surface area contributed by atoms with Crippen molar-refractivity contribution in [3.05, 3.63) is 47.9 Å². The first-order valence-electron chi connectivity index (χ1n) is 4.04. The highest BCUT2D eigenvalue weighted by atomic mass is 16.4. The van der Waals surface area contributed by atoms with Crippen LogP contribution in [0.15, 0.2) is 47.9 Å². The average Bonchev–Trinajstić information content (AvgIpc) is 2.17. The Labute approximate surface area is 82.1 Å². The molecule has 4 N–H and O–H groups in total. The number of carbonyl (C=O) groups is 1. The largest absolute Gasteiger partial charge is 0.478 e. The van der Waals surface area contributed by atoms with E-state index in [9.17, 15) is 4.79 Å². The van der Waals surface area contributed by atoms with Crippen LogP contribution >= 0.6 is 0 Å². The highest BCUT2D eigenvalue weighted by Gasteiger charge is 2.14. The summed E-state index contributed by atoms with van der Waals surface area (Å²) < 4.78 is 0. The van der Waals surface area contributed by atoms with Crippen LogP contribution in [-0.2, 0) is 4.79 Å². The van der Waals surface area contributed by atoms with E-state index >= 15 is 0 Å². The van der Waals surface area contributed by atoms with Crippen molar-refractivity contribution < 1.29 is 9.90 Å². The molecule has 0 aromatic rings. The van der Waals surface area contributed by atoms with Gasteiger partial charge in [-0.25, -0.2) is 4.79 Å². The Morgan fingerprint density at radius 3 is 2.93 bits per heavy atom. The molecule has 0 atom stereocenters. The lowest BCUT2D eigenvalue weighted by molar-refractivity contribution is -0.132.